The van der Waals surface area contributed by atoms with E-state index in [2.05, 4.69) is 62.3 Å². The second-order valence-corrected chi connectivity index (χ2v) is 38.4. The number of H-pyrrole nitrogens is 1. The summed E-state index contributed by atoms with van der Waals surface area (Å²) in [5.41, 5.74) is 4.28. The topological polar surface area (TPSA) is 382 Å². The number of Topliss-reactive ketones (excluding diaryl/α,β-unsaturated/α-hetero) is 2. The number of carbonyl (C=O) groups is 10. The number of nitrogen functional groups attached to an aromatic ring is 1. The van der Waals surface area contributed by atoms with Crippen molar-refractivity contribution in [1.82, 2.24) is 50.6 Å². The van der Waals surface area contributed by atoms with E-state index in [1.165, 1.54) is 132 Å². The summed E-state index contributed by atoms with van der Waals surface area (Å²) in [5, 5.41) is 14.4. The normalized spacial score (nSPS) is 12.5. The van der Waals surface area contributed by atoms with E-state index >= 15 is 0 Å². The lowest BCUT2D eigenvalue weighted by molar-refractivity contribution is -0.157. The molecule has 30 heteroatoms. The molecular formula is C95H164N12O17S. The number of benzene rings is 1. The summed E-state index contributed by atoms with van der Waals surface area (Å²) in [7, 11) is 0. The quantitative estimate of drug-likeness (QED) is 0.0119. The first-order valence-electron chi connectivity index (χ1n) is 47.5. The van der Waals surface area contributed by atoms with E-state index in [0.29, 0.717) is 99.1 Å². The molecule has 8 N–H and O–H groups in total. The number of ketones is 2. The summed E-state index contributed by atoms with van der Waals surface area (Å²) >= 11 is 1.25. The molecule has 3 aromatic rings. The number of esters is 2. The second-order valence-electron chi connectivity index (χ2n) is 37.3. The van der Waals surface area contributed by atoms with Crippen molar-refractivity contribution in [2.45, 2.75) is 414 Å². The minimum absolute atomic E-state index is 0.0158. The van der Waals surface area contributed by atoms with Crippen LogP contribution >= 0.6 is 11.8 Å². The van der Waals surface area contributed by atoms with Gasteiger partial charge in [0.2, 0.25) is 17.8 Å². The summed E-state index contributed by atoms with van der Waals surface area (Å²) in [6, 6.07) is 4.55. The van der Waals surface area contributed by atoms with Gasteiger partial charge >= 0.3 is 42.0 Å². The molecule has 0 saturated heterocycles. The number of nitrogens with two attached hydrogens (primary N) is 1. The van der Waals surface area contributed by atoms with Gasteiger partial charge in [-0.1, -0.05) is 206 Å². The van der Waals surface area contributed by atoms with Crippen LogP contribution in [0.4, 0.5) is 30.9 Å². The first-order chi connectivity index (χ1) is 59.4. The molecule has 0 spiro atoms. The number of ether oxygens (including phenoxy) is 6. The van der Waals surface area contributed by atoms with Crippen LogP contribution in [-0.2, 0) is 58.9 Å². The summed E-state index contributed by atoms with van der Waals surface area (Å²) in [5.74, 6) is -1.83. The van der Waals surface area contributed by atoms with Crippen LogP contribution in [0.25, 0.3) is 11.2 Å². The Labute approximate surface area is 752 Å². The Bertz CT molecular complexity index is 3660. The van der Waals surface area contributed by atoms with E-state index in [1.54, 1.807) is 117 Å². The van der Waals surface area contributed by atoms with Gasteiger partial charge in [0.05, 0.1) is 12.6 Å². The van der Waals surface area contributed by atoms with Crippen molar-refractivity contribution < 1.29 is 76.4 Å². The molecule has 3 atom stereocenters. The fraction of sp³-hybridized carbons (Fsp3) is 0.779. The summed E-state index contributed by atoms with van der Waals surface area (Å²) < 4.78 is 35.7. The maximum absolute atomic E-state index is 14.5. The van der Waals surface area contributed by atoms with Crippen molar-refractivity contribution in [1.29, 1.82) is 0 Å². The second kappa shape index (κ2) is 62.9. The zero-order valence-electron chi connectivity index (χ0n) is 79.5. The molecule has 2 heterocycles. The number of unbranched alkanes of at least 4 members (excludes halogenated alkanes) is 28. The lowest BCUT2D eigenvalue weighted by Gasteiger charge is -2.29. The Morgan fingerprint density at radius 2 is 0.936 bits per heavy atom. The average Bonchev–Trinajstić information content (AvgIpc) is 1.63. The molecular weight excluding hydrogens is 1610 g/mol. The van der Waals surface area contributed by atoms with Crippen LogP contribution in [0.15, 0.2) is 29.1 Å². The summed E-state index contributed by atoms with van der Waals surface area (Å²) in [6.45, 7) is 29.7. The number of hydrogen-bond acceptors (Lipinski definition) is 22. The minimum atomic E-state index is -1.12. The molecule has 125 heavy (non-hydrogen) atoms. The molecule has 0 radical (unpaired) electrons. The lowest BCUT2D eigenvalue weighted by atomic mass is 10.00. The van der Waals surface area contributed by atoms with E-state index in [4.69, 9.17) is 34.2 Å². The number of aromatic nitrogens is 4. The van der Waals surface area contributed by atoms with Gasteiger partial charge in [-0.25, -0.2) is 24.0 Å². The fourth-order valence-corrected chi connectivity index (χ4v) is 15.0. The number of nitrogens with one attached hydrogen (secondary N) is 6. The highest BCUT2D eigenvalue weighted by Gasteiger charge is 2.30. The number of carbonyl (C=O) groups excluding carboxylic acids is 10. The number of hydrogen-bond donors (Lipinski definition) is 7. The van der Waals surface area contributed by atoms with Gasteiger partial charge in [-0.2, -0.15) is 21.7 Å². The van der Waals surface area contributed by atoms with Gasteiger partial charge in [0.1, 0.15) is 46.7 Å². The first-order valence-corrected chi connectivity index (χ1v) is 48.6. The molecule has 1 unspecified atom stereocenters. The van der Waals surface area contributed by atoms with Crippen molar-refractivity contribution in [3.05, 3.63) is 45.9 Å². The first kappa shape index (κ1) is 111. The van der Waals surface area contributed by atoms with E-state index in [-0.39, 0.29) is 119 Å². The number of alkyl carbamates (subject to hydrolysis) is 2. The van der Waals surface area contributed by atoms with Crippen molar-refractivity contribution >= 4 is 94.4 Å². The van der Waals surface area contributed by atoms with Gasteiger partial charge in [-0.15, -0.1) is 0 Å². The molecule has 712 valence electrons. The van der Waals surface area contributed by atoms with Crippen LogP contribution in [0.2, 0.25) is 0 Å². The molecule has 1 aromatic carbocycles. The van der Waals surface area contributed by atoms with Gasteiger partial charge in [0.15, 0.2) is 23.0 Å². The number of anilines is 2. The molecule has 0 fully saturated rings. The minimum Gasteiger partial charge on any atom is -0.462 e. The van der Waals surface area contributed by atoms with Crippen molar-refractivity contribution in [2.75, 3.05) is 75.0 Å². The standard InChI is InChI=1S/C95H164N12O17S/c1-16-19-22-24-26-28-30-32-34-36-38-40-42-53-80(111)119-69-74(120-81(112)54-43-41-39-37-35-33-31-29-27-25-23-20-17-2)70-125-71-76(101-89(116)122-93(7,8)9)85(113)97-62-46-44-51-75(100-79(110)60-59-77(108)73-57-55-72(56-58-73)68-107-84-82(102-87(107)114)83(96)103-86(104-84)98-61-21-18-3)78(109)52-45-47-64-105(90(117)123-94(10,11)12)65-48-49-66-106(91(118)124-95(13,14)15)67-50-63-99-88(115)121-92(4,5)6/h55-58,74-76H,16-54,59-71H2,1-15H3,(H,97,113)(H,99,115)(H,100,110)(H,101,116)(H,102,114)(H3,96,98,103,104)/t74?,75-,76-/m0/s1. The molecule has 0 aliphatic rings. The predicted molar refractivity (Wildman–Crippen MR) is 498 cm³/mol. The Balaban J connectivity index is 1.79. The Kier molecular flexibility index (Phi) is 55.8. The van der Waals surface area contributed by atoms with Crippen LogP contribution in [0.1, 0.15) is 383 Å². The van der Waals surface area contributed by atoms with Crippen molar-refractivity contribution in [2.24, 2.45) is 0 Å². The smallest absolute Gasteiger partial charge is 0.410 e. The van der Waals surface area contributed by atoms with Crippen LogP contribution < -0.4 is 38.0 Å². The maximum Gasteiger partial charge on any atom is 0.410 e. The Morgan fingerprint density at radius 1 is 0.472 bits per heavy atom. The van der Waals surface area contributed by atoms with E-state index in [0.717, 1.165) is 51.4 Å². The van der Waals surface area contributed by atoms with E-state index in [1.807, 2.05) is 0 Å². The lowest BCUT2D eigenvalue weighted by Crippen LogP contribution is -2.50. The zero-order chi connectivity index (χ0) is 92.5. The van der Waals surface area contributed by atoms with Crippen molar-refractivity contribution in [3.8, 4) is 0 Å². The summed E-state index contributed by atoms with van der Waals surface area (Å²) in [4.78, 5) is 164. The Morgan fingerprint density at radius 3 is 1.45 bits per heavy atom. The average molecular weight is 1780 g/mol. The molecule has 0 saturated carbocycles. The van der Waals surface area contributed by atoms with Crippen LogP contribution in [0.3, 0.4) is 0 Å². The third kappa shape index (κ3) is 54.6. The van der Waals surface area contributed by atoms with Gasteiger partial charge in [-0.05, 0) is 159 Å². The number of thioether (sulfide) groups is 1. The molecule has 29 nitrogen and oxygen atoms in total. The number of aromatic amines is 1. The molecule has 0 aliphatic heterocycles. The number of amides is 6. The third-order valence-electron chi connectivity index (χ3n) is 20.7. The largest absolute Gasteiger partial charge is 0.462 e. The van der Waals surface area contributed by atoms with Crippen LogP contribution in [0.5, 0.6) is 0 Å². The zero-order valence-corrected chi connectivity index (χ0v) is 80.3. The highest BCUT2D eigenvalue weighted by molar-refractivity contribution is 7.99. The fourth-order valence-electron chi connectivity index (χ4n) is 13.9. The van der Waals surface area contributed by atoms with Gasteiger partial charge < -0.3 is 75.5 Å². The monoisotopic (exact) mass is 1780 g/mol. The van der Waals surface area contributed by atoms with E-state index < -0.39 is 88.4 Å². The highest BCUT2D eigenvalue weighted by Crippen LogP contribution is 2.24. The number of imidazole rings is 1. The van der Waals surface area contributed by atoms with Gasteiger partial charge in [0, 0.05) is 95.0 Å². The van der Waals surface area contributed by atoms with E-state index in [9.17, 15) is 52.7 Å². The predicted octanol–water partition coefficient (Wildman–Crippen LogP) is 19.6. The molecule has 2 aromatic heterocycles. The maximum atomic E-state index is 14.5. The summed E-state index contributed by atoms with van der Waals surface area (Å²) in [6.07, 6.45) is 32.0. The molecule has 0 aliphatic carbocycles. The van der Waals surface area contributed by atoms with Crippen LogP contribution in [0, 0.1) is 0 Å². The number of rotatable bonds is 68. The molecule has 3 rings (SSSR count). The molecule has 0 bridgehead atoms. The van der Waals surface area contributed by atoms with Gasteiger partial charge in [-0.3, -0.25) is 33.3 Å². The number of nitrogens with zero attached hydrogens (tertiary/aromatic N) is 5. The van der Waals surface area contributed by atoms with Gasteiger partial charge in [0.25, 0.3) is 0 Å². The van der Waals surface area contributed by atoms with Crippen LogP contribution in [-0.4, -0.2) is 194 Å². The third-order valence-corrected chi connectivity index (χ3v) is 21.9. The Hall–Kier alpha value is -8.18. The van der Waals surface area contributed by atoms with Crippen molar-refractivity contribution in [3.63, 3.8) is 0 Å². The SMILES string of the molecule is CCCCCCCCCCCCCCCC(=O)OCC(CSC[C@H](NC(=O)OC(C)(C)C)C(=O)NCCCC[C@H](NC(=O)CCC(=O)c1ccc(Cn2c(=O)[nH]c3c(N)nc(NCCCC)nc32)cc1)C(=O)CCCCN(CCCCN(CCCNC(=O)OC(C)(C)C)C(=O)OC(C)(C)C)C(=O)OC(C)(C)C)OC(=O)CCCCCCCCCCCCCCC. The highest BCUT2D eigenvalue weighted by atomic mass is 32.2. The molecule has 6 amide bonds. The number of fused-ring (bicyclic) bond motifs is 1.